The summed E-state index contributed by atoms with van der Waals surface area (Å²) in [5, 5.41) is 8.76. The number of hydrogen-bond donors (Lipinski definition) is 1. The first-order chi connectivity index (χ1) is 4.74. The first kappa shape index (κ1) is 7.98. The van der Waals surface area contributed by atoms with Crippen LogP contribution in [0.1, 0.15) is 6.92 Å². The zero-order valence-electron chi connectivity index (χ0n) is 6.58. The summed E-state index contributed by atoms with van der Waals surface area (Å²) in [4.78, 5) is 2.11. The summed E-state index contributed by atoms with van der Waals surface area (Å²) in [5.41, 5.74) is 0. The SMILES string of the molecule is CC(CO)N(C)CC1CO1. The number of epoxide rings is 1. The summed E-state index contributed by atoms with van der Waals surface area (Å²) in [6.07, 6.45) is 0.430. The zero-order chi connectivity index (χ0) is 7.56. The fraction of sp³-hybridized carbons (Fsp3) is 1.00. The summed E-state index contributed by atoms with van der Waals surface area (Å²) in [5.74, 6) is 0. The Hall–Kier alpha value is -0.120. The molecule has 1 heterocycles. The number of ether oxygens (including phenoxy) is 1. The van der Waals surface area contributed by atoms with Gasteiger partial charge in [-0.15, -0.1) is 0 Å². The molecule has 60 valence electrons. The van der Waals surface area contributed by atoms with Crippen LogP contribution in [0.15, 0.2) is 0 Å². The van der Waals surface area contributed by atoms with E-state index >= 15 is 0 Å². The lowest BCUT2D eigenvalue weighted by Crippen LogP contribution is -2.34. The molecule has 1 N–H and O–H groups in total. The van der Waals surface area contributed by atoms with E-state index in [0.29, 0.717) is 6.10 Å². The summed E-state index contributed by atoms with van der Waals surface area (Å²) >= 11 is 0. The second kappa shape index (κ2) is 3.32. The topological polar surface area (TPSA) is 36.0 Å². The molecule has 10 heavy (non-hydrogen) atoms. The summed E-state index contributed by atoms with van der Waals surface area (Å²) in [6, 6.07) is 0.254. The third kappa shape index (κ3) is 2.25. The molecule has 0 amide bonds. The molecule has 3 nitrogen and oxygen atoms in total. The van der Waals surface area contributed by atoms with Crippen LogP contribution in [0.2, 0.25) is 0 Å². The van der Waals surface area contributed by atoms with E-state index in [9.17, 15) is 0 Å². The molecule has 0 spiro atoms. The molecular formula is C7H15NO2. The molecule has 1 saturated heterocycles. The predicted octanol–water partition coefficient (Wildman–Crippen LogP) is -0.302. The fourth-order valence-corrected chi connectivity index (χ4v) is 0.814. The normalized spacial score (nSPS) is 27.0. The second-order valence-corrected chi connectivity index (χ2v) is 2.93. The maximum atomic E-state index is 8.76. The van der Waals surface area contributed by atoms with E-state index in [4.69, 9.17) is 9.84 Å². The number of nitrogens with zero attached hydrogens (tertiary/aromatic N) is 1. The maximum Gasteiger partial charge on any atom is 0.0936 e. The van der Waals surface area contributed by atoms with Gasteiger partial charge < -0.3 is 9.84 Å². The molecule has 0 aliphatic carbocycles. The second-order valence-electron chi connectivity index (χ2n) is 2.93. The Morgan fingerprint density at radius 1 is 1.80 bits per heavy atom. The van der Waals surface area contributed by atoms with Gasteiger partial charge in [0.15, 0.2) is 0 Å². The van der Waals surface area contributed by atoms with Crippen molar-refractivity contribution >= 4 is 0 Å². The van der Waals surface area contributed by atoms with E-state index in [2.05, 4.69) is 4.90 Å². The van der Waals surface area contributed by atoms with Crippen molar-refractivity contribution in [2.45, 2.75) is 19.1 Å². The minimum atomic E-state index is 0.225. The van der Waals surface area contributed by atoms with E-state index in [1.54, 1.807) is 0 Å². The number of aliphatic hydroxyl groups excluding tert-OH is 1. The summed E-state index contributed by atoms with van der Waals surface area (Å²) in [6.45, 7) is 4.07. The molecule has 0 bridgehead atoms. The molecule has 3 heteroatoms. The van der Waals surface area contributed by atoms with Gasteiger partial charge in [-0.2, -0.15) is 0 Å². The van der Waals surface area contributed by atoms with Crippen molar-refractivity contribution in [3.8, 4) is 0 Å². The average Bonchev–Trinajstić information content (AvgIpc) is 2.70. The summed E-state index contributed by atoms with van der Waals surface area (Å²) < 4.78 is 5.05. The Morgan fingerprint density at radius 2 is 2.40 bits per heavy atom. The maximum absolute atomic E-state index is 8.76. The van der Waals surface area contributed by atoms with Crippen LogP contribution in [0.3, 0.4) is 0 Å². The van der Waals surface area contributed by atoms with Crippen molar-refractivity contribution in [2.24, 2.45) is 0 Å². The van der Waals surface area contributed by atoms with Crippen LogP contribution < -0.4 is 0 Å². The molecular weight excluding hydrogens is 130 g/mol. The Kier molecular flexibility index (Phi) is 2.65. The number of rotatable bonds is 4. The quantitative estimate of drug-likeness (QED) is 0.552. The first-order valence-electron chi connectivity index (χ1n) is 3.66. The van der Waals surface area contributed by atoms with Gasteiger partial charge in [0.25, 0.3) is 0 Å². The molecule has 2 atom stereocenters. The molecule has 0 radical (unpaired) electrons. The van der Waals surface area contributed by atoms with E-state index in [-0.39, 0.29) is 12.6 Å². The van der Waals surface area contributed by atoms with E-state index in [1.165, 1.54) is 0 Å². The van der Waals surface area contributed by atoms with Crippen molar-refractivity contribution in [1.29, 1.82) is 0 Å². The minimum absolute atomic E-state index is 0.225. The molecule has 0 aromatic heterocycles. The van der Waals surface area contributed by atoms with Gasteiger partial charge in [0.05, 0.1) is 19.3 Å². The van der Waals surface area contributed by atoms with Crippen LogP contribution in [0.4, 0.5) is 0 Å². The minimum Gasteiger partial charge on any atom is -0.395 e. The van der Waals surface area contributed by atoms with Gasteiger partial charge in [-0.05, 0) is 14.0 Å². The number of likely N-dealkylation sites (N-methyl/N-ethyl adjacent to an activating group) is 1. The molecule has 0 saturated carbocycles. The number of aliphatic hydroxyl groups is 1. The van der Waals surface area contributed by atoms with Crippen LogP contribution in [0.25, 0.3) is 0 Å². The molecule has 1 aliphatic heterocycles. The Morgan fingerprint density at radius 3 is 2.80 bits per heavy atom. The van der Waals surface area contributed by atoms with Crippen LogP contribution in [-0.4, -0.2) is 49.0 Å². The van der Waals surface area contributed by atoms with Gasteiger partial charge in [0.2, 0.25) is 0 Å². The van der Waals surface area contributed by atoms with Gasteiger partial charge in [0, 0.05) is 12.6 Å². The van der Waals surface area contributed by atoms with Gasteiger partial charge >= 0.3 is 0 Å². The molecule has 1 rings (SSSR count). The van der Waals surface area contributed by atoms with E-state index < -0.39 is 0 Å². The Labute approximate surface area is 61.6 Å². The van der Waals surface area contributed by atoms with Gasteiger partial charge in [-0.3, -0.25) is 4.90 Å². The van der Waals surface area contributed by atoms with Crippen molar-refractivity contribution in [2.75, 3.05) is 26.8 Å². The Bertz CT molecular complexity index is 104. The van der Waals surface area contributed by atoms with E-state index in [1.807, 2.05) is 14.0 Å². The smallest absolute Gasteiger partial charge is 0.0936 e. The van der Waals surface area contributed by atoms with Crippen molar-refractivity contribution in [1.82, 2.24) is 4.90 Å². The van der Waals surface area contributed by atoms with Crippen LogP contribution >= 0.6 is 0 Å². The molecule has 2 unspecified atom stereocenters. The number of hydrogen-bond acceptors (Lipinski definition) is 3. The zero-order valence-corrected chi connectivity index (χ0v) is 6.58. The lowest BCUT2D eigenvalue weighted by atomic mass is 10.3. The van der Waals surface area contributed by atoms with Crippen LogP contribution in [-0.2, 0) is 4.74 Å². The van der Waals surface area contributed by atoms with Crippen molar-refractivity contribution in [3.05, 3.63) is 0 Å². The average molecular weight is 145 g/mol. The highest BCUT2D eigenvalue weighted by atomic mass is 16.6. The summed E-state index contributed by atoms with van der Waals surface area (Å²) in [7, 11) is 2.00. The largest absolute Gasteiger partial charge is 0.395 e. The lowest BCUT2D eigenvalue weighted by Gasteiger charge is -2.21. The molecule has 0 aromatic rings. The molecule has 1 fully saturated rings. The highest BCUT2D eigenvalue weighted by molar-refractivity contribution is 4.75. The van der Waals surface area contributed by atoms with Crippen LogP contribution in [0.5, 0.6) is 0 Å². The van der Waals surface area contributed by atoms with Crippen molar-refractivity contribution < 1.29 is 9.84 Å². The van der Waals surface area contributed by atoms with Crippen LogP contribution in [0, 0.1) is 0 Å². The highest BCUT2D eigenvalue weighted by Gasteiger charge is 2.25. The van der Waals surface area contributed by atoms with Gasteiger partial charge in [-0.1, -0.05) is 0 Å². The third-order valence-corrected chi connectivity index (χ3v) is 1.91. The predicted molar refractivity (Wildman–Crippen MR) is 38.9 cm³/mol. The van der Waals surface area contributed by atoms with E-state index in [0.717, 1.165) is 13.2 Å². The Balaban J connectivity index is 2.11. The van der Waals surface area contributed by atoms with Crippen molar-refractivity contribution in [3.63, 3.8) is 0 Å². The van der Waals surface area contributed by atoms with Gasteiger partial charge in [-0.25, -0.2) is 0 Å². The molecule has 0 aromatic carbocycles. The fourth-order valence-electron chi connectivity index (χ4n) is 0.814. The highest BCUT2D eigenvalue weighted by Crippen LogP contribution is 2.10. The third-order valence-electron chi connectivity index (χ3n) is 1.91. The molecule has 1 aliphatic rings. The van der Waals surface area contributed by atoms with Gasteiger partial charge in [0.1, 0.15) is 0 Å². The first-order valence-corrected chi connectivity index (χ1v) is 3.66. The standard InChI is InChI=1S/C7H15NO2/c1-6(4-9)8(2)3-7-5-10-7/h6-7,9H,3-5H2,1-2H3. The lowest BCUT2D eigenvalue weighted by molar-refractivity contribution is 0.150. The monoisotopic (exact) mass is 145 g/mol.